The van der Waals surface area contributed by atoms with Gasteiger partial charge in [-0.2, -0.15) is 0 Å². The van der Waals surface area contributed by atoms with Crippen LogP contribution in [0.5, 0.6) is 0 Å². The van der Waals surface area contributed by atoms with E-state index in [1.165, 1.54) is 24.6 Å². The fourth-order valence-electron chi connectivity index (χ4n) is 2.72. The van der Waals surface area contributed by atoms with Crippen molar-refractivity contribution in [2.45, 2.75) is 39.3 Å². The predicted octanol–water partition coefficient (Wildman–Crippen LogP) is 3.14. The molecule has 19 heavy (non-hydrogen) atoms. The molecule has 1 saturated heterocycles. The van der Waals surface area contributed by atoms with Crippen LogP contribution in [0.15, 0.2) is 18.2 Å². The number of halogens is 1. The molecule has 0 aromatic heterocycles. The molecule has 2 atom stereocenters. The SMILES string of the molecule is CC1CCC(C)N(Cc2cc(F)ccc2C(=O)O)C1. The predicted molar refractivity (Wildman–Crippen MR) is 71.6 cm³/mol. The molecule has 1 N–H and O–H groups in total. The van der Waals surface area contributed by atoms with Gasteiger partial charge in [-0.3, -0.25) is 4.90 Å². The van der Waals surface area contributed by atoms with Crippen LogP contribution in [0.1, 0.15) is 42.6 Å². The molecule has 1 heterocycles. The number of aromatic carboxylic acids is 1. The summed E-state index contributed by atoms with van der Waals surface area (Å²) in [6.45, 7) is 5.79. The molecular weight excluding hydrogens is 245 g/mol. The van der Waals surface area contributed by atoms with Gasteiger partial charge in [0.1, 0.15) is 5.82 Å². The summed E-state index contributed by atoms with van der Waals surface area (Å²) in [7, 11) is 0. The molecule has 0 spiro atoms. The van der Waals surface area contributed by atoms with Crippen LogP contribution in [0.25, 0.3) is 0 Å². The van der Waals surface area contributed by atoms with Gasteiger partial charge in [-0.05, 0) is 49.4 Å². The van der Waals surface area contributed by atoms with Crippen LogP contribution in [0.3, 0.4) is 0 Å². The zero-order chi connectivity index (χ0) is 14.0. The van der Waals surface area contributed by atoms with Crippen LogP contribution in [0.4, 0.5) is 4.39 Å². The number of benzene rings is 1. The number of likely N-dealkylation sites (tertiary alicyclic amines) is 1. The average Bonchev–Trinajstić information content (AvgIpc) is 2.33. The van der Waals surface area contributed by atoms with Crippen molar-refractivity contribution in [1.82, 2.24) is 4.90 Å². The van der Waals surface area contributed by atoms with E-state index in [2.05, 4.69) is 18.7 Å². The van der Waals surface area contributed by atoms with Crippen molar-refractivity contribution in [2.75, 3.05) is 6.54 Å². The third-order valence-corrected chi connectivity index (χ3v) is 3.92. The second-order valence-corrected chi connectivity index (χ2v) is 5.57. The number of carboxylic acids is 1. The summed E-state index contributed by atoms with van der Waals surface area (Å²) in [6, 6.07) is 4.32. The van der Waals surface area contributed by atoms with Crippen molar-refractivity contribution >= 4 is 5.97 Å². The van der Waals surface area contributed by atoms with Gasteiger partial charge >= 0.3 is 5.97 Å². The third kappa shape index (κ3) is 3.32. The highest BCUT2D eigenvalue weighted by molar-refractivity contribution is 5.89. The normalized spacial score (nSPS) is 24.4. The van der Waals surface area contributed by atoms with Gasteiger partial charge in [0.25, 0.3) is 0 Å². The highest BCUT2D eigenvalue weighted by Gasteiger charge is 2.24. The summed E-state index contributed by atoms with van der Waals surface area (Å²) in [6.07, 6.45) is 2.31. The molecule has 3 nitrogen and oxygen atoms in total. The molecule has 0 radical (unpaired) electrons. The van der Waals surface area contributed by atoms with Gasteiger partial charge < -0.3 is 5.11 Å². The quantitative estimate of drug-likeness (QED) is 0.912. The number of hydrogen-bond acceptors (Lipinski definition) is 2. The monoisotopic (exact) mass is 265 g/mol. The number of hydrogen-bond donors (Lipinski definition) is 1. The van der Waals surface area contributed by atoms with Crippen molar-refractivity contribution in [3.63, 3.8) is 0 Å². The summed E-state index contributed by atoms with van der Waals surface area (Å²) in [5.74, 6) is -0.761. The summed E-state index contributed by atoms with van der Waals surface area (Å²) in [5.41, 5.74) is 0.764. The Morgan fingerprint density at radius 2 is 2.16 bits per heavy atom. The van der Waals surface area contributed by atoms with Gasteiger partial charge in [0.05, 0.1) is 5.56 Å². The van der Waals surface area contributed by atoms with E-state index in [-0.39, 0.29) is 11.4 Å². The standard InChI is InChI=1S/C15H20FNO2/c1-10-3-4-11(2)17(8-10)9-12-7-13(16)5-6-14(12)15(18)19/h5-7,10-11H,3-4,8-9H2,1-2H3,(H,18,19). The van der Waals surface area contributed by atoms with Crippen molar-refractivity contribution in [2.24, 2.45) is 5.92 Å². The average molecular weight is 265 g/mol. The Morgan fingerprint density at radius 1 is 1.42 bits per heavy atom. The first kappa shape index (κ1) is 14.0. The number of piperidine rings is 1. The lowest BCUT2D eigenvalue weighted by atomic mass is 9.94. The van der Waals surface area contributed by atoms with Gasteiger partial charge in [0.15, 0.2) is 0 Å². The fraction of sp³-hybridized carbons (Fsp3) is 0.533. The van der Waals surface area contributed by atoms with Crippen LogP contribution in [0.2, 0.25) is 0 Å². The highest BCUT2D eigenvalue weighted by Crippen LogP contribution is 2.24. The first-order chi connectivity index (χ1) is 8.97. The first-order valence-electron chi connectivity index (χ1n) is 6.73. The van der Waals surface area contributed by atoms with E-state index < -0.39 is 5.97 Å². The van der Waals surface area contributed by atoms with E-state index in [9.17, 15) is 9.18 Å². The third-order valence-electron chi connectivity index (χ3n) is 3.92. The molecule has 1 aliphatic rings. The fourth-order valence-corrected chi connectivity index (χ4v) is 2.72. The number of carboxylic acid groups (broad SMARTS) is 1. The molecule has 1 fully saturated rings. The Kier molecular flexibility index (Phi) is 4.20. The van der Waals surface area contributed by atoms with E-state index in [1.54, 1.807) is 0 Å². The highest BCUT2D eigenvalue weighted by atomic mass is 19.1. The molecule has 4 heteroatoms. The van der Waals surface area contributed by atoms with Gasteiger partial charge in [0, 0.05) is 19.1 Å². The zero-order valence-corrected chi connectivity index (χ0v) is 11.4. The summed E-state index contributed by atoms with van der Waals surface area (Å²) in [4.78, 5) is 13.4. The van der Waals surface area contributed by atoms with Crippen molar-refractivity contribution in [3.05, 3.63) is 35.1 Å². The number of carbonyl (C=O) groups is 1. The number of rotatable bonds is 3. The van der Waals surface area contributed by atoms with Gasteiger partial charge in [0.2, 0.25) is 0 Å². The van der Waals surface area contributed by atoms with Crippen LogP contribution in [0, 0.1) is 11.7 Å². The Hall–Kier alpha value is -1.42. The smallest absolute Gasteiger partial charge is 0.336 e. The Morgan fingerprint density at radius 3 is 2.84 bits per heavy atom. The summed E-state index contributed by atoms with van der Waals surface area (Å²) < 4.78 is 13.3. The minimum atomic E-state index is -0.993. The molecule has 1 aromatic rings. The Balaban J connectivity index is 2.22. The maximum Gasteiger partial charge on any atom is 0.336 e. The molecule has 2 rings (SSSR count). The lowest BCUT2D eigenvalue weighted by Gasteiger charge is -2.37. The van der Waals surface area contributed by atoms with Crippen LogP contribution < -0.4 is 0 Å². The minimum Gasteiger partial charge on any atom is -0.478 e. The van der Waals surface area contributed by atoms with E-state index in [0.29, 0.717) is 24.1 Å². The zero-order valence-electron chi connectivity index (χ0n) is 11.4. The van der Waals surface area contributed by atoms with Crippen molar-refractivity contribution in [3.8, 4) is 0 Å². The molecule has 0 bridgehead atoms. The van der Waals surface area contributed by atoms with Gasteiger partial charge in [-0.15, -0.1) is 0 Å². The number of nitrogens with zero attached hydrogens (tertiary/aromatic N) is 1. The summed E-state index contributed by atoms with van der Waals surface area (Å²) >= 11 is 0. The van der Waals surface area contributed by atoms with Crippen molar-refractivity contribution in [1.29, 1.82) is 0 Å². The molecular formula is C15H20FNO2. The maximum atomic E-state index is 13.3. The molecule has 2 unspecified atom stereocenters. The Labute approximate surface area is 113 Å². The van der Waals surface area contributed by atoms with Gasteiger partial charge in [-0.1, -0.05) is 6.92 Å². The summed E-state index contributed by atoms with van der Waals surface area (Å²) in [5, 5.41) is 9.16. The molecule has 1 aliphatic heterocycles. The minimum absolute atomic E-state index is 0.201. The van der Waals surface area contributed by atoms with E-state index in [1.807, 2.05) is 0 Å². The van der Waals surface area contributed by atoms with Crippen molar-refractivity contribution < 1.29 is 14.3 Å². The molecule has 0 amide bonds. The first-order valence-corrected chi connectivity index (χ1v) is 6.73. The Bertz CT molecular complexity index is 475. The van der Waals surface area contributed by atoms with Crippen LogP contribution in [-0.4, -0.2) is 28.6 Å². The molecule has 0 aliphatic carbocycles. The lowest BCUT2D eigenvalue weighted by Crippen LogP contribution is -2.40. The second kappa shape index (κ2) is 5.70. The van der Waals surface area contributed by atoms with Crippen LogP contribution in [-0.2, 0) is 6.54 Å². The molecule has 104 valence electrons. The second-order valence-electron chi connectivity index (χ2n) is 5.57. The van der Waals surface area contributed by atoms with E-state index >= 15 is 0 Å². The molecule has 0 saturated carbocycles. The van der Waals surface area contributed by atoms with E-state index in [0.717, 1.165) is 13.0 Å². The molecule has 1 aromatic carbocycles. The van der Waals surface area contributed by atoms with Gasteiger partial charge in [-0.25, -0.2) is 9.18 Å². The lowest BCUT2D eigenvalue weighted by molar-refractivity contribution is 0.0691. The van der Waals surface area contributed by atoms with Crippen LogP contribution >= 0.6 is 0 Å². The topological polar surface area (TPSA) is 40.5 Å². The van der Waals surface area contributed by atoms with E-state index in [4.69, 9.17) is 5.11 Å². The largest absolute Gasteiger partial charge is 0.478 e. The maximum absolute atomic E-state index is 13.3.